The van der Waals surface area contributed by atoms with Crippen molar-refractivity contribution in [2.45, 2.75) is 0 Å². The van der Waals surface area contributed by atoms with Gasteiger partial charge in [-0.05, 0) is 0 Å². The average Bonchev–Trinajstić information content (AvgIpc) is 1.35. The van der Waals surface area contributed by atoms with Crippen LogP contribution in [-0.4, -0.2) is 16.5 Å². The zero-order valence-corrected chi connectivity index (χ0v) is 7.31. The summed E-state index contributed by atoms with van der Waals surface area (Å²) in [6.07, 6.45) is 0.940. The van der Waals surface area contributed by atoms with Gasteiger partial charge in [0.05, 0.1) is 0 Å². The van der Waals surface area contributed by atoms with Gasteiger partial charge in [-0.3, -0.25) is 0 Å². The molecule has 0 fully saturated rings. The van der Waals surface area contributed by atoms with Crippen LogP contribution in [-0.2, 0) is 8.35 Å². The van der Waals surface area contributed by atoms with Gasteiger partial charge in [0, 0.05) is 14.5 Å². The lowest BCUT2D eigenvalue weighted by atomic mass is 11.0. The van der Waals surface area contributed by atoms with Gasteiger partial charge in [0.15, 0.2) is 0 Å². The molecule has 0 aromatic carbocycles. The fourth-order valence-corrected chi connectivity index (χ4v) is 3.12. The van der Waals surface area contributed by atoms with E-state index in [1.54, 1.807) is 0 Å². The number of hydrogen-bond donors (Lipinski definition) is 0. The van der Waals surface area contributed by atoms with E-state index < -0.39 is 8.35 Å². The van der Waals surface area contributed by atoms with Crippen molar-refractivity contribution in [1.82, 2.24) is 0 Å². The molecular weight excluding hydrogens is 230 g/mol. The Bertz CT molecular complexity index is 34.7. The second-order valence-corrected chi connectivity index (χ2v) is 5.30. The highest BCUT2D eigenvalue weighted by molar-refractivity contribution is 14.2. The van der Waals surface area contributed by atoms with Crippen molar-refractivity contribution in [3.8, 4) is 0 Å². The Morgan fingerprint density at radius 1 is 1.83 bits per heavy atom. The van der Waals surface area contributed by atoms with Gasteiger partial charge in [-0.2, -0.15) is 0 Å². The lowest BCUT2D eigenvalue weighted by Gasteiger charge is -1.94. The third kappa shape index (κ3) is 5.47. The molecule has 6 heavy (non-hydrogen) atoms. The molecule has 0 aliphatic carbocycles. The molecule has 0 aromatic rings. The highest BCUT2D eigenvalue weighted by atomic mass is 127. The summed E-state index contributed by atoms with van der Waals surface area (Å²) in [4.78, 5) is 0. The van der Waals surface area contributed by atoms with E-state index in [-0.39, 0.29) is 0 Å². The van der Waals surface area contributed by atoms with E-state index in [1.807, 2.05) is 21.2 Å². The van der Waals surface area contributed by atoms with Gasteiger partial charge in [0.1, 0.15) is 5.75 Å². The lowest BCUT2D eigenvalue weighted by molar-refractivity contribution is 0.613. The maximum absolute atomic E-state index is 10.1. The first kappa shape index (κ1) is 7.47. The Balaban J connectivity index is 2.63. The third-order valence-electron chi connectivity index (χ3n) is 0.278. The van der Waals surface area contributed by atoms with E-state index >= 15 is 0 Å². The predicted octanol–water partition coefficient (Wildman–Crippen LogP) is 0.960. The summed E-state index contributed by atoms with van der Waals surface area (Å²) in [7, 11) is 1.91. The standard InChI is InChI=1S/C2H6IOPS/c3-6(4)2-1-5/h1-2,5H2. The van der Waals surface area contributed by atoms with Crippen LogP contribution in [0.5, 0.6) is 0 Å². The molecule has 2 atom stereocenters. The van der Waals surface area contributed by atoms with Crippen LogP contribution >= 0.6 is 30.4 Å². The third-order valence-corrected chi connectivity index (χ3v) is 2.86. The van der Waals surface area contributed by atoms with E-state index in [2.05, 4.69) is 9.24 Å². The molecule has 0 spiro atoms. The molecule has 0 aromatic heterocycles. The highest BCUT2D eigenvalue weighted by Gasteiger charge is 1.92. The molecular formula is C2H6IOPS. The summed E-state index contributed by atoms with van der Waals surface area (Å²) in [5.74, 6) is 0.797. The summed E-state index contributed by atoms with van der Waals surface area (Å²) in [6.45, 7) is 0. The lowest BCUT2D eigenvalue weighted by Crippen LogP contribution is -1.95. The second-order valence-electron chi connectivity index (χ2n) is 0.783. The Hall–Kier alpha value is 1.47. The van der Waals surface area contributed by atoms with Crippen LogP contribution < -0.4 is 0 Å². The van der Waals surface area contributed by atoms with Gasteiger partial charge in [-0.1, -0.05) is 0 Å². The molecule has 0 rings (SSSR count). The Kier molecular flexibility index (Phi) is 5.76. The molecule has 0 heterocycles. The minimum absolute atomic E-state index is 0.616. The molecule has 0 amide bonds. The summed E-state index contributed by atoms with van der Waals surface area (Å²) in [5.41, 5.74) is 0. The van der Waals surface area contributed by atoms with Gasteiger partial charge in [0.25, 0.3) is 0 Å². The first-order valence-corrected chi connectivity index (χ1v) is 6.20. The minimum atomic E-state index is -0.616. The number of hydrogen-bond acceptors (Lipinski definition) is 1. The van der Waals surface area contributed by atoms with Crippen LogP contribution in [0.2, 0.25) is 0 Å². The summed E-state index contributed by atoms with van der Waals surface area (Å²) in [5, 5.41) is 0. The SMILES string of the molecule is [O-][S+](I)CCP. The summed E-state index contributed by atoms with van der Waals surface area (Å²) < 4.78 is 10.1. The second kappa shape index (κ2) is 4.62. The van der Waals surface area contributed by atoms with Gasteiger partial charge >= 0.3 is 0 Å². The van der Waals surface area contributed by atoms with Crippen molar-refractivity contribution >= 4 is 38.8 Å². The van der Waals surface area contributed by atoms with Crippen molar-refractivity contribution in [2.24, 2.45) is 0 Å². The predicted molar refractivity (Wildman–Crippen MR) is 41.6 cm³/mol. The fraction of sp³-hybridized carbons (Fsp3) is 1.00. The Morgan fingerprint density at radius 3 is 2.33 bits per heavy atom. The number of halogens is 1. The molecule has 0 aliphatic heterocycles. The van der Waals surface area contributed by atoms with Gasteiger partial charge in [-0.25, -0.2) is 0 Å². The zero-order valence-electron chi connectivity index (χ0n) is 3.19. The van der Waals surface area contributed by atoms with E-state index in [4.69, 9.17) is 0 Å². The van der Waals surface area contributed by atoms with E-state index in [0.29, 0.717) is 0 Å². The number of rotatable bonds is 2. The normalized spacial score (nSPS) is 14.5. The smallest absolute Gasteiger partial charge is 0.248 e. The molecule has 0 saturated carbocycles. The molecule has 0 saturated heterocycles. The maximum Gasteiger partial charge on any atom is 0.248 e. The van der Waals surface area contributed by atoms with Crippen molar-refractivity contribution in [3.63, 3.8) is 0 Å². The van der Waals surface area contributed by atoms with Crippen LogP contribution in [0, 0.1) is 0 Å². The summed E-state index contributed by atoms with van der Waals surface area (Å²) in [6, 6.07) is 0. The highest BCUT2D eigenvalue weighted by Crippen LogP contribution is 2.01. The van der Waals surface area contributed by atoms with E-state index in [9.17, 15) is 4.55 Å². The molecule has 0 N–H and O–H groups in total. The Labute approximate surface area is 55.2 Å². The van der Waals surface area contributed by atoms with Crippen molar-refractivity contribution < 1.29 is 4.55 Å². The van der Waals surface area contributed by atoms with Crippen molar-refractivity contribution in [3.05, 3.63) is 0 Å². The fourth-order valence-electron chi connectivity index (χ4n) is 0.0927. The topological polar surface area (TPSA) is 23.1 Å². The van der Waals surface area contributed by atoms with Crippen LogP contribution in [0.1, 0.15) is 0 Å². The van der Waals surface area contributed by atoms with Crippen LogP contribution in [0.25, 0.3) is 0 Å². The summed E-state index contributed by atoms with van der Waals surface area (Å²) >= 11 is 1.90. The van der Waals surface area contributed by atoms with Crippen LogP contribution in [0.4, 0.5) is 0 Å². The van der Waals surface area contributed by atoms with E-state index in [1.165, 1.54) is 0 Å². The van der Waals surface area contributed by atoms with Gasteiger partial charge < -0.3 is 4.55 Å². The molecule has 1 nitrogen and oxygen atoms in total. The van der Waals surface area contributed by atoms with Gasteiger partial charge in [0.2, 0.25) is 21.2 Å². The molecule has 2 unspecified atom stereocenters. The monoisotopic (exact) mass is 236 g/mol. The molecule has 4 heteroatoms. The van der Waals surface area contributed by atoms with Crippen molar-refractivity contribution in [1.29, 1.82) is 0 Å². The van der Waals surface area contributed by atoms with E-state index in [0.717, 1.165) is 11.9 Å². The average molecular weight is 236 g/mol. The first-order valence-electron chi connectivity index (χ1n) is 1.52. The maximum atomic E-state index is 10.1. The van der Waals surface area contributed by atoms with Crippen LogP contribution in [0.15, 0.2) is 0 Å². The molecule has 0 radical (unpaired) electrons. The van der Waals surface area contributed by atoms with Gasteiger partial charge in [-0.15, -0.1) is 9.24 Å². The molecule has 0 bridgehead atoms. The van der Waals surface area contributed by atoms with Crippen LogP contribution in [0.3, 0.4) is 0 Å². The Morgan fingerprint density at radius 2 is 2.33 bits per heavy atom. The quantitative estimate of drug-likeness (QED) is 0.398. The largest absolute Gasteiger partial charge is 0.609 e. The first-order chi connectivity index (χ1) is 2.77. The zero-order chi connectivity index (χ0) is 4.99. The molecule has 0 aliphatic rings. The molecule has 38 valence electrons. The minimum Gasteiger partial charge on any atom is -0.609 e. The van der Waals surface area contributed by atoms with Crippen molar-refractivity contribution in [2.75, 3.05) is 11.9 Å².